The van der Waals surface area contributed by atoms with Gasteiger partial charge in [-0.1, -0.05) is 104 Å². The van der Waals surface area contributed by atoms with Crippen LogP contribution in [0.3, 0.4) is 0 Å². The van der Waals surface area contributed by atoms with Crippen LogP contribution in [0.5, 0.6) is 0 Å². The van der Waals surface area contributed by atoms with E-state index in [0.29, 0.717) is 17.7 Å². The van der Waals surface area contributed by atoms with Gasteiger partial charge in [-0.15, -0.1) is 0 Å². The molecule has 1 aliphatic carbocycles. The highest BCUT2D eigenvalue weighted by molar-refractivity contribution is 6.10. The van der Waals surface area contributed by atoms with Crippen LogP contribution in [0.2, 0.25) is 0 Å². The fourth-order valence-corrected chi connectivity index (χ4v) is 7.08. The van der Waals surface area contributed by atoms with Crippen molar-refractivity contribution in [3.63, 3.8) is 0 Å². The van der Waals surface area contributed by atoms with Crippen LogP contribution in [0.4, 0.5) is 25.8 Å². The third-order valence-electron chi connectivity index (χ3n) is 9.62. The SMILES string of the molecule is C=C/C=C(\C=C/F)N(c1ccc(F)cc1)c1ccc(NC2C=CC(c3ccc4c(c3)c3ccccc3n4-c3ccccc3)=CC2C(=C)/C=C\C=C/C)cc1. The summed E-state index contributed by atoms with van der Waals surface area (Å²) in [6, 6.07) is 39.7. The highest BCUT2D eigenvalue weighted by Crippen LogP contribution is 2.37. The molecule has 0 amide bonds. The summed E-state index contributed by atoms with van der Waals surface area (Å²) >= 11 is 0. The second-order valence-corrected chi connectivity index (χ2v) is 13.0. The molecule has 5 aromatic carbocycles. The molecule has 0 bridgehead atoms. The molecule has 1 aliphatic rings. The summed E-state index contributed by atoms with van der Waals surface area (Å²) in [4.78, 5) is 1.85. The van der Waals surface area contributed by atoms with Crippen molar-refractivity contribution >= 4 is 44.4 Å². The summed E-state index contributed by atoms with van der Waals surface area (Å²) in [7, 11) is 0. The number of fused-ring (bicyclic) bond motifs is 3. The van der Waals surface area contributed by atoms with Crippen molar-refractivity contribution in [1.82, 2.24) is 4.57 Å². The van der Waals surface area contributed by atoms with Crippen molar-refractivity contribution in [2.45, 2.75) is 13.0 Å². The first-order valence-electron chi connectivity index (χ1n) is 18.0. The standard InChI is InChI=1S/C49H41F2N3/c1-4-6-8-14-35(3)45-33-36(37-20-30-49-46(34-37)44-17-11-12-18-48(44)54(49)41-15-9-7-10-16-41)19-29-47(45)52-39-23-27-43(28-24-39)53(40(13-5-2)31-32-50)42-25-21-38(51)22-26-42/h4-34,45,47,52H,2-3H2,1H3/b6-4-,14-8-,32-31-,40-13+. The molecule has 1 N–H and O–H groups in total. The zero-order chi connectivity index (χ0) is 37.4. The Balaban J connectivity index is 1.21. The molecule has 1 aromatic heterocycles. The zero-order valence-corrected chi connectivity index (χ0v) is 30.1. The van der Waals surface area contributed by atoms with Gasteiger partial charge in [0, 0.05) is 45.1 Å². The van der Waals surface area contributed by atoms with E-state index in [9.17, 15) is 8.78 Å². The van der Waals surface area contributed by atoms with Gasteiger partial charge in [0.25, 0.3) is 0 Å². The van der Waals surface area contributed by atoms with Crippen molar-refractivity contribution in [2.24, 2.45) is 5.92 Å². The number of allylic oxidation sites excluding steroid dienone is 9. The highest BCUT2D eigenvalue weighted by Gasteiger charge is 2.24. The van der Waals surface area contributed by atoms with Gasteiger partial charge in [-0.05, 0) is 115 Å². The minimum absolute atomic E-state index is 0.0416. The summed E-state index contributed by atoms with van der Waals surface area (Å²) in [5.41, 5.74) is 9.62. The van der Waals surface area contributed by atoms with Gasteiger partial charge in [0.2, 0.25) is 0 Å². The number of nitrogens with one attached hydrogen (secondary N) is 1. The van der Waals surface area contributed by atoms with Crippen LogP contribution < -0.4 is 10.2 Å². The number of halogens is 2. The average Bonchev–Trinajstić information content (AvgIpc) is 3.54. The third-order valence-corrected chi connectivity index (χ3v) is 9.62. The molecule has 0 saturated carbocycles. The summed E-state index contributed by atoms with van der Waals surface area (Å²) in [5.74, 6) is -0.390. The van der Waals surface area contributed by atoms with Crippen molar-refractivity contribution in [1.29, 1.82) is 0 Å². The minimum Gasteiger partial charge on any atom is -0.378 e. The Morgan fingerprint density at radius 2 is 1.50 bits per heavy atom. The second-order valence-electron chi connectivity index (χ2n) is 13.0. The lowest BCUT2D eigenvalue weighted by Crippen LogP contribution is -2.28. The monoisotopic (exact) mass is 709 g/mol. The Bertz CT molecular complexity index is 2480. The van der Waals surface area contributed by atoms with Gasteiger partial charge in [-0.3, -0.25) is 0 Å². The van der Waals surface area contributed by atoms with E-state index in [4.69, 9.17) is 0 Å². The Kier molecular flexibility index (Phi) is 10.8. The molecule has 0 aliphatic heterocycles. The van der Waals surface area contributed by atoms with E-state index in [1.54, 1.807) is 24.3 Å². The smallest absolute Gasteiger partial charge is 0.123 e. The summed E-state index contributed by atoms with van der Waals surface area (Å²) in [6.07, 6.45) is 19.9. The lowest BCUT2D eigenvalue weighted by Gasteiger charge is -2.30. The van der Waals surface area contributed by atoms with Crippen molar-refractivity contribution < 1.29 is 8.78 Å². The number of hydrogen-bond acceptors (Lipinski definition) is 2. The highest BCUT2D eigenvalue weighted by atomic mass is 19.1. The van der Waals surface area contributed by atoms with Crippen LogP contribution in [0.25, 0.3) is 33.1 Å². The number of rotatable bonds is 12. The summed E-state index contributed by atoms with van der Waals surface area (Å²) < 4.78 is 29.7. The largest absolute Gasteiger partial charge is 0.378 e. The van der Waals surface area contributed by atoms with Gasteiger partial charge < -0.3 is 14.8 Å². The lowest BCUT2D eigenvalue weighted by atomic mass is 9.83. The molecule has 2 unspecified atom stereocenters. The molecule has 0 radical (unpaired) electrons. The number of aromatic nitrogens is 1. The van der Waals surface area contributed by atoms with E-state index in [1.165, 1.54) is 34.5 Å². The van der Waals surface area contributed by atoms with Crippen molar-refractivity contribution in [3.05, 3.63) is 224 Å². The molecule has 3 nitrogen and oxygen atoms in total. The second kappa shape index (κ2) is 16.3. The third kappa shape index (κ3) is 7.43. The van der Waals surface area contributed by atoms with E-state index < -0.39 is 0 Å². The maximum absolute atomic E-state index is 13.8. The van der Waals surface area contributed by atoms with Gasteiger partial charge in [0.1, 0.15) is 5.82 Å². The summed E-state index contributed by atoms with van der Waals surface area (Å²) in [6.45, 7) is 10.3. The van der Waals surface area contributed by atoms with Gasteiger partial charge in [0.15, 0.2) is 0 Å². The fraction of sp³-hybridized carbons (Fsp3) is 0.0612. The molecule has 2 atom stereocenters. The topological polar surface area (TPSA) is 20.2 Å². The van der Waals surface area contributed by atoms with Gasteiger partial charge in [0.05, 0.1) is 23.4 Å². The Labute approximate surface area is 315 Å². The molecular weight excluding hydrogens is 669 g/mol. The number of anilines is 3. The molecule has 5 heteroatoms. The lowest BCUT2D eigenvalue weighted by molar-refractivity contribution is 0.628. The predicted octanol–water partition coefficient (Wildman–Crippen LogP) is 13.4. The Morgan fingerprint density at radius 1 is 0.796 bits per heavy atom. The van der Waals surface area contributed by atoms with Gasteiger partial charge >= 0.3 is 0 Å². The van der Waals surface area contributed by atoms with Crippen molar-refractivity contribution in [2.75, 3.05) is 10.2 Å². The van der Waals surface area contributed by atoms with E-state index in [0.717, 1.165) is 39.3 Å². The normalized spacial score (nSPS) is 16.1. The fourth-order valence-electron chi connectivity index (χ4n) is 7.08. The predicted molar refractivity (Wildman–Crippen MR) is 225 cm³/mol. The van der Waals surface area contributed by atoms with Crippen LogP contribution in [0, 0.1) is 11.7 Å². The van der Waals surface area contributed by atoms with Crippen LogP contribution in [-0.4, -0.2) is 10.6 Å². The zero-order valence-electron chi connectivity index (χ0n) is 30.1. The number of nitrogens with zero attached hydrogens (tertiary/aromatic N) is 2. The Morgan fingerprint density at radius 3 is 2.22 bits per heavy atom. The van der Waals surface area contributed by atoms with Gasteiger partial charge in [-0.2, -0.15) is 0 Å². The molecule has 54 heavy (non-hydrogen) atoms. The van der Waals surface area contributed by atoms with E-state index in [2.05, 4.69) is 114 Å². The van der Waals surface area contributed by atoms with Crippen molar-refractivity contribution in [3.8, 4) is 5.69 Å². The van der Waals surface area contributed by atoms with E-state index in [-0.39, 0.29) is 17.8 Å². The first kappa shape index (κ1) is 35.7. The van der Waals surface area contributed by atoms with Crippen LogP contribution >= 0.6 is 0 Å². The van der Waals surface area contributed by atoms with Crippen LogP contribution in [0.1, 0.15) is 12.5 Å². The first-order valence-corrected chi connectivity index (χ1v) is 18.0. The number of benzene rings is 5. The minimum atomic E-state index is -0.348. The van der Waals surface area contributed by atoms with E-state index >= 15 is 0 Å². The molecule has 6 aromatic rings. The quantitative estimate of drug-likeness (QED) is 0.128. The van der Waals surface area contributed by atoms with E-state index in [1.807, 2.05) is 60.4 Å². The first-order chi connectivity index (χ1) is 26.5. The average molecular weight is 710 g/mol. The Hall–Kier alpha value is -6.72. The molecule has 7 rings (SSSR count). The van der Waals surface area contributed by atoms with Crippen LogP contribution in [0.15, 0.2) is 213 Å². The molecule has 1 heterocycles. The molecule has 0 spiro atoms. The maximum atomic E-state index is 13.8. The molecule has 0 saturated heterocycles. The molecule has 266 valence electrons. The maximum Gasteiger partial charge on any atom is 0.123 e. The van der Waals surface area contributed by atoms with Crippen LogP contribution in [-0.2, 0) is 0 Å². The summed E-state index contributed by atoms with van der Waals surface area (Å²) in [5, 5.41) is 6.13. The number of para-hydroxylation sites is 2. The molecule has 0 fully saturated rings. The molecular formula is C49H41F2N3. The van der Waals surface area contributed by atoms with Gasteiger partial charge in [-0.25, -0.2) is 8.78 Å². The number of hydrogen-bond donors (Lipinski definition) is 1.